The third-order valence-electron chi connectivity index (χ3n) is 5.02. The van der Waals surface area contributed by atoms with E-state index in [1.165, 1.54) is 5.69 Å². The Kier molecular flexibility index (Phi) is 5.33. The molecule has 0 aromatic carbocycles. The fourth-order valence-electron chi connectivity index (χ4n) is 3.43. The van der Waals surface area contributed by atoms with Crippen molar-refractivity contribution < 1.29 is 9.90 Å². The van der Waals surface area contributed by atoms with Crippen LogP contribution in [-0.2, 0) is 0 Å². The standard InChI is InChI=1S/C17H26N4O2/c22-12-14-9-15(10-14)20-17(23)19-11-13-3-7-21(8-4-13)16-1-5-18-6-2-16/h1-2,5-6,13-15,22H,3-4,7-12H2,(H2,19,20,23). The molecule has 1 saturated heterocycles. The van der Waals surface area contributed by atoms with Crippen LogP contribution >= 0.6 is 0 Å². The molecule has 6 heteroatoms. The first kappa shape index (κ1) is 16.1. The first-order valence-electron chi connectivity index (χ1n) is 8.55. The van der Waals surface area contributed by atoms with Crippen LogP contribution in [0.2, 0.25) is 0 Å². The maximum Gasteiger partial charge on any atom is 0.315 e. The number of hydrogen-bond acceptors (Lipinski definition) is 4. The highest BCUT2D eigenvalue weighted by molar-refractivity contribution is 5.74. The molecule has 0 spiro atoms. The normalized spacial score (nSPS) is 24.8. The minimum Gasteiger partial charge on any atom is -0.396 e. The molecule has 0 radical (unpaired) electrons. The molecule has 1 saturated carbocycles. The summed E-state index contributed by atoms with van der Waals surface area (Å²) in [6.07, 6.45) is 7.64. The molecule has 1 aliphatic heterocycles. The molecule has 0 atom stereocenters. The van der Waals surface area contributed by atoms with Crippen LogP contribution in [0.1, 0.15) is 25.7 Å². The highest BCUT2D eigenvalue weighted by atomic mass is 16.3. The molecule has 2 amide bonds. The van der Waals surface area contributed by atoms with Gasteiger partial charge in [-0.05, 0) is 49.7 Å². The van der Waals surface area contributed by atoms with Gasteiger partial charge in [0, 0.05) is 50.4 Å². The Labute approximate surface area is 137 Å². The van der Waals surface area contributed by atoms with E-state index < -0.39 is 0 Å². The van der Waals surface area contributed by atoms with Gasteiger partial charge in [-0.15, -0.1) is 0 Å². The summed E-state index contributed by atoms with van der Waals surface area (Å²) in [5, 5.41) is 15.0. The number of aromatic nitrogens is 1. The summed E-state index contributed by atoms with van der Waals surface area (Å²) >= 11 is 0. The van der Waals surface area contributed by atoms with E-state index in [1.807, 2.05) is 24.5 Å². The molecule has 0 bridgehead atoms. The van der Waals surface area contributed by atoms with Crippen LogP contribution in [0.25, 0.3) is 0 Å². The number of rotatable bonds is 5. The van der Waals surface area contributed by atoms with Crippen LogP contribution in [0.15, 0.2) is 24.5 Å². The van der Waals surface area contributed by atoms with Crippen molar-refractivity contribution in [1.29, 1.82) is 0 Å². The van der Waals surface area contributed by atoms with Gasteiger partial charge in [0.15, 0.2) is 0 Å². The number of hydrogen-bond donors (Lipinski definition) is 3. The Morgan fingerprint density at radius 2 is 1.91 bits per heavy atom. The molecule has 1 aromatic rings. The monoisotopic (exact) mass is 318 g/mol. The van der Waals surface area contributed by atoms with Gasteiger partial charge in [0.2, 0.25) is 0 Å². The number of anilines is 1. The summed E-state index contributed by atoms with van der Waals surface area (Å²) in [5.74, 6) is 0.920. The van der Waals surface area contributed by atoms with Crippen LogP contribution < -0.4 is 15.5 Å². The zero-order chi connectivity index (χ0) is 16.1. The highest BCUT2D eigenvalue weighted by Gasteiger charge is 2.29. The van der Waals surface area contributed by atoms with Crippen LogP contribution in [0.3, 0.4) is 0 Å². The largest absolute Gasteiger partial charge is 0.396 e. The average Bonchev–Trinajstić information content (AvgIpc) is 2.57. The van der Waals surface area contributed by atoms with Gasteiger partial charge < -0.3 is 20.6 Å². The molecule has 2 fully saturated rings. The predicted octanol–water partition coefficient (Wildman–Crippen LogP) is 1.37. The first-order valence-corrected chi connectivity index (χ1v) is 8.55. The van der Waals surface area contributed by atoms with E-state index in [0.29, 0.717) is 11.8 Å². The average molecular weight is 318 g/mol. The number of urea groups is 1. The number of nitrogens with zero attached hydrogens (tertiary/aromatic N) is 2. The molecule has 2 heterocycles. The summed E-state index contributed by atoms with van der Waals surface area (Å²) in [7, 11) is 0. The Bertz CT molecular complexity index is 497. The van der Waals surface area contributed by atoms with Crippen molar-refractivity contribution in [3.8, 4) is 0 Å². The first-order chi connectivity index (χ1) is 11.2. The summed E-state index contributed by atoms with van der Waals surface area (Å²) < 4.78 is 0. The van der Waals surface area contributed by atoms with Crippen molar-refractivity contribution in [3.05, 3.63) is 24.5 Å². The van der Waals surface area contributed by atoms with Crippen LogP contribution in [0, 0.1) is 11.8 Å². The van der Waals surface area contributed by atoms with Crippen molar-refractivity contribution in [2.24, 2.45) is 11.8 Å². The van der Waals surface area contributed by atoms with Crippen molar-refractivity contribution in [3.63, 3.8) is 0 Å². The summed E-state index contributed by atoms with van der Waals surface area (Å²) in [4.78, 5) is 18.3. The number of pyridine rings is 1. The van der Waals surface area contributed by atoms with Crippen molar-refractivity contribution in [2.75, 3.05) is 31.1 Å². The number of nitrogens with one attached hydrogen (secondary N) is 2. The molecular weight excluding hydrogens is 292 g/mol. The van der Waals surface area contributed by atoms with E-state index in [-0.39, 0.29) is 18.7 Å². The quantitative estimate of drug-likeness (QED) is 0.766. The number of piperidine rings is 1. The van der Waals surface area contributed by atoms with Crippen LogP contribution in [-0.4, -0.2) is 48.4 Å². The van der Waals surface area contributed by atoms with Crippen molar-refractivity contribution in [2.45, 2.75) is 31.7 Å². The zero-order valence-corrected chi connectivity index (χ0v) is 13.4. The molecule has 1 aliphatic carbocycles. The second-order valence-corrected chi connectivity index (χ2v) is 6.71. The van der Waals surface area contributed by atoms with Gasteiger partial charge in [0.25, 0.3) is 0 Å². The minimum atomic E-state index is -0.0667. The lowest BCUT2D eigenvalue weighted by molar-refractivity contribution is 0.129. The Morgan fingerprint density at radius 1 is 1.22 bits per heavy atom. The lowest BCUT2D eigenvalue weighted by Crippen LogP contribution is -2.50. The smallest absolute Gasteiger partial charge is 0.315 e. The second kappa shape index (κ2) is 7.64. The molecular formula is C17H26N4O2. The molecule has 0 unspecified atom stereocenters. The molecule has 126 valence electrons. The lowest BCUT2D eigenvalue weighted by atomic mass is 9.81. The maximum absolute atomic E-state index is 11.9. The summed E-state index contributed by atoms with van der Waals surface area (Å²) in [5.41, 5.74) is 1.23. The summed E-state index contributed by atoms with van der Waals surface area (Å²) in [6.45, 7) is 3.03. The van der Waals surface area contributed by atoms with Gasteiger partial charge >= 0.3 is 6.03 Å². The number of carbonyl (C=O) groups excluding carboxylic acids is 1. The molecule has 3 rings (SSSR count). The van der Waals surface area contributed by atoms with Crippen LogP contribution in [0.4, 0.5) is 10.5 Å². The number of aliphatic hydroxyl groups excluding tert-OH is 1. The van der Waals surface area contributed by atoms with E-state index >= 15 is 0 Å². The maximum atomic E-state index is 11.9. The van der Waals surface area contributed by atoms with E-state index in [2.05, 4.69) is 20.5 Å². The van der Waals surface area contributed by atoms with Gasteiger partial charge in [-0.25, -0.2) is 4.79 Å². The molecule has 6 nitrogen and oxygen atoms in total. The van der Waals surface area contributed by atoms with Gasteiger partial charge in [0.05, 0.1) is 0 Å². The van der Waals surface area contributed by atoms with E-state index in [9.17, 15) is 4.79 Å². The highest BCUT2D eigenvalue weighted by Crippen LogP contribution is 2.26. The van der Waals surface area contributed by atoms with Crippen LogP contribution in [0.5, 0.6) is 0 Å². The third kappa shape index (κ3) is 4.34. The fourth-order valence-corrected chi connectivity index (χ4v) is 3.43. The topological polar surface area (TPSA) is 77.5 Å². The Balaban J connectivity index is 1.32. The molecule has 1 aromatic heterocycles. The van der Waals surface area contributed by atoms with Gasteiger partial charge in [0.1, 0.15) is 0 Å². The van der Waals surface area contributed by atoms with E-state index in [4.69, 9.17) is 5.11 Å². The molecule has 3 N–H and O–H groups in total. The van der Waals surface area contributed by atoms with E-state index in [0.717, 1.165) is 45.3 Å². The number of amides is 2. The Morgan fingerprint density at radius 3 is 2.57 bits per heavy atom. The fraction of sp³-hybridized carbons (Fsp3) is 0.647. The third-order valence-corrected chi connectivity index (χ3v) is 5.02. The number of carbonyl (C=O) groups is 1. The minimum absolute atomic E-state index is 0.0667. The molecule has 2 aliphatic rings. The SMILES string of the molecule is O=C(NCC1CCN(c2ccncc2)CC1)NC1CC(CO)C1. The second-order valence-electron chi connectivity index (χ2n) is 6.71. The van der Waals surface area contributed by atoms with E-state index in [1.54, 1.807) is 0 Å². The summed E-state index contributed by atoms with van der Waals surface area (Å²) in [6, 6.07) is 4.26. The van der Waals surface area contributed by atoms with Gasteiger partial charge in [-0.3, -0.25) is 4.98 Å². The number of aliphatic hydroxyl groups is 1. The lowest BCUT2D eigenvalue weighted by Gasteiger charge is -2.35. The van der Waals surface area contributed by atoms with Gasteiger partial charge in [-0.2, -0.15) is 0 Å². The van der Waals surface area contributed by atoms with Crippen molar-refractivity contribution >= 4 is 11.7 Å². The molecule has 23 heavy (non-hydrogen) atoms. The van der Waals surface area contributed by atoms with Crippen molar-refractivity contribution in [1.82, 2.24) is 15.6 Å². The van der Waals surface area contributed by atoms with Gasteiger partial charge in [-0.1, -0.05) is 0 Å². The predicted molar refractivity (Wildman–Crippen MR) is 89.3 cm³/mol. The zero-order valence-electron chi connectivity index (χ0n) is 13.4. The Hall–Kier alpha value is -1.82.